The lowest BCUT2D eigenvalue weighted by Gasteiger charge is -2.46. The minimum Gasteiger partial charge on any atom is -0.353 e. The molecule has 2 saturated heterocycles. The normalized spacial score (nSPS) is 40.6. The van der Waals surface area contributed by atoms with E-state index in [0.717, 1.165) is 31.3 Å². The predicted octanol–water partition coefficient (Wildman–Crippen LogP) is 1.12. The van der Waals surface area contributed by atoms with Crippen molar-refractivity contribution in [2.75, 3.05) is 20.1 Å². The highest BCUT2D eigenvalue weighted by Gasteiger charge is 2.36. The summed E-state index contributed by atoms with van der Waals surface area (Å²) in [6.07, 6.45) is 8.32. The van der Waals surface area contributed by atoms with E-state index in [9.17, 15) is 4.79 Å². The van der Waals surface area contributed by atoms with Gasteiger partial charge in [-0.15, -0.1) is 0 Å². The molecule has 4 nitrogen and oxygen atoms in total. The summed E-state index contributed by atoms with van der Waals surface area (Å²) in [6, 6.07) is 2.00. The van der Waals surface area contributed by atoms with Crippen molar-refractivity contribution < 1.29 is 4.79 Å². The number of nitrogens with one attached hydrogen (secondary N) is 2. The fourth-order valence-electron chi connectivity index (χ4n) is 4.20. The summed E-state index contributed by atoms with van der Waals surface area (Å²) in [5, 5.41) is 6.59. The second kappa shape index (κ2) is 5.80. The fourth-order valence-corrected chi connectivity index (χ4v) is 4.20. The Labute approximate surface area is 116 Å². The molecule has 2 N–H and O–H groups in total. The van der Waals surface area contributed by atoms with Crippen LogP contribution in [0.25, 0.3) is 0 Å². The largest absolute Gasteiger partial charge is 0.353 e. The van der Waals surface area contributed by atoms with Crippen LogP contribution in [0.1, 0.15) is 44.9 Å². The van der Waals surface area contributed by atoms with E-state index >= 15 is 0 Å². The van der Waals surface area contributed by atoms with Crippen molar-refractivity contribution in [2.24, 2.45) is 5.92 Å². The molecule has 0 bridgehead atoms. The summed E-state index contributed by atoms with van der Waals surface area (Å²) in [7, 11) is 2.08. The standard InChI is InChI=1S/C15H27N3O/c1-16-12-3-5-13(6-4-12)18-9-8-14-11(10-18)2-7-15(19)17-14/h11-14,16H,2-10H2,1H3,(H,17,19). The Hall–Kier alpha value is -0.610. The summed E-state index contributed by atoms with van der Waals surface area (Å²) in [5.74, 6) is 0.970. The molecule has 3 fully saturated rings. The second-order valence-corrected chi connectivity index (χ2v) is 6.55. The van der Waals surface area contributed by atoms with E-state index in [-0.39, 0.29) is 5.91 Å². The third-order valence-corrected chi connectivity index (χ3v) is 5.48. The van der Waals surface area contributed by atoms with Crippen LogP contribution in [0.15, 0.2) is 0 Å². The number of amides is 1. The van der Waals surface area contributed by atoms with E-state index in [4.69, 9.17) is 0 Å². The zero-order valence-corrected chi connectivity index (χ0v) is 12.0. The van der Waals surface area contributed by atoms with Gasteiger partial charge in [0.1, 0.15) is 0 Å². The first-order valence-corrected chi connectivity index (χ1v) is 7.97. The molecule has 108 valence electrons. The zero-order chi connectivity index (χ0) is 13.2. The van der Waals surface area contributed by atoms with E-state index < -0.39 is 0 Å². The third kappa shape index (κ3) is 2.95. The van der Waals surface area contributed by atoms with Gasteiger partial charge in [0.2, 0.25) is 5.91 Å². The van der Waals surface area contributed by atoms with Gasteiger partial charge in [-0.05, 0) is 51.5 Å². The molecule has 0 aromatic carbocycles. The third-order valence-electron chi connectivity index (χ3n) is 5.48. The van der Waals surface area contributed by atoms with Crippen LogP contribution in [-0.4, -0.2) is 49.1 Å². The SMILES string of the molecule is CNC1CCC(N2CCC3NC(=O)CCC3C2)CC1. The van der Waals surface area contributed by atoms with Gasteiger partial charge >= 0.3 is 0 Å². The highest BCUT2D eigenvalue weighted by atomic mass is 16.1. The molecule has 3 aliphatic rings. The maximum atomic E-state index is 11.4. The van der Waals surface area contributed by atoms with Crippen molar-refractivity contribution in [1.29, 1.82) is 0 Å². The summed E-state index contributed by atoms with van der Waals surface area (Å²) in [4.78, 5) is 14.2. The lowest BCUT2D eigenvalue weighted by atomic mass is 9.82. The van der Waals surface area contributed by atoms with Crippen LogP contribution in [0.2, 0.25) is 0 Å². The molecular weight excluding hydrogens is 238 g/mol. The number of fused-ring (bicyclic) bond motifs is 1. The average Bonchev–Trinajstić information content (AvgIpc) is 2.47. The number of carbonyl (C=O) groups is 1. The lowest BCUT2D eigenvalue weighted by Crippen LogP contribution is -2.56. The molecule has 3 rings (SSSR count). The molecule has 0 aromatic rings. The van der Waals surface area contributed by atoms with Crippen molar-refractivity contribution in [1.82, 2.24) is 15.5 Å². The molecule has 1 saturated carbocycles. The Bertz CT molecular complexity index is 325. The first-order chi connectivity index (χ1) is 9.26. The van der Waals surface area contributed by atoms with E-state index in [1.165, 1.54) is 38.8 Å². The lowest BCUT2D eigenvalue weighted by molar-refractivity contribution is -0.125. The van der Waals surface area contributed by atoms with Gasteiger partial charge in [0, 0.05) is 37.6 Å². The van der Waals surface area contributed by atoms with Crippen molar-refractivity contribution in [2.45, 2.75) is 63.1 Å². The highest BCUT2D eigenvalue weighted by molar-refractivity contribution is 5.77. The molecule has 2 aliphatic heterocycles. The number of nitrogens with zero attached hydrogens (tertiary/aromatic N) is 1. The van der Waals surface area contributed by atoms with E-state index in [2.05, 4.69) is 22.6 Å². The Kier molecular flexibility index (Phi) is 4.08. The van der Waals surface area contributed by atoms with E-state index in [1.54, 1.807) is 0 Å². The highest BCUT2D eigenvalue weighted by Crippen LogP contribution is 2.30. The quantitative estimate of drug-likeness (QED) is 0.786. The summed E-state index contributed by atoms with van der Waals surface area (Å²) in [5.41, 5.74) is 0. The Morgan fingerprint density at radius 3 is 2.68 bits per heavy atom. The van der Waals surface area contributed by atoms with Crippen LogP contribution >= 0.6 is 0 Å². The minimum absolute atomic E-state index is 0.268. The fraction of sp³-hybridized carbons (Fsp3) is 0.933. The van der Waals surface area contributed by atoms with Crippen LogP contribution in [0, 0.1) is 5.92 Å². The number of piperidine rings is 2. The van der Waals surface area contributed by atoms with E-state index in [0.29, 0.717) is 12.0 Å². The number of likely N-dealkylation sites (tertiary alicyclic amines) is 1. The maximum Gasteiger partial charge on any atom is 0.220 e. The topological polar surface area (TPSA) is 44.4 Å². The number of rotatable bonds is 2. The molecular formula is C15H27N3O. The minimum atomic E-state index is 0.268. The van der Waals surface area contributed by atoms with Crippen molar-refractivity contribution in [3.05, 3.63) is 0 Å². The van der Waals surface area contributed by atoms with Gasteiger partial charge in [-0.2, -0.15) is 0 Å². The summed E-state index contributed by atoms with van der Waals surface area (Å²) < 4.78 is 0. The zero-order valence-electron chi connectivity index (χ0n) is 12.0. The van der Waals surface area contributed by atoms with Crippen LogP contribution < -0.4 is 10.6 Å². The van der Waals surface area contributed by atoms with Gasteiger partial charge in [0.05, 0.1) is 0 Å². The van der Waals surface area contributed by atoms with Gasteiger partial charge in [-0.25, -0.2) is 0 Å². The van der Waals surface area contributed by atoms with Crippen LogP contribution in [-0.2, 0) is 4.79 Å². The molecule has 0 radical (unpaired) electrons. The molecule has 19 heavy (non-hydrogen) atoms. The predicted molar refractivity (Wildman–Crippen MR) is 75.9 cm³/mol. The Balaban J connectivity index is 1.52. The molecule has 1 aliphatic carbocycles. The molecule has 4 heteroatoms. The van der Waals surface area contributed by atoms with Crippen molar-refractivity contribution in [3.63, 3.8) is 0 Å². The van der Waals surface area contributed by atoms with Gasteiger partial charge in [0.25, 0.3) is 0 Å². The molecule has 2 heterocycles. The molecule has 1 amide bonds. The first-order valence-electron chi connectivity index (χ1n) is 7.97. The monoisotopic (exact) mass is 265 g/mol. The van der Waals surface area contributed by atoms with Crippen LogP contribution in [0.3, 0.4) is 0 Å². The van der Waals surface area contributed by atoms with Crippen molar-refractivity contribution in [3.8, 4) is 0 Å². The van der Waals surface area contributed by atoms with Gasteiger partial charge in [0.15, 0.2) is 0 Å². The molecule has 2 atom stereocenters. The van der Waals surface area contributed by atoms with Gasteiger partial charge in [-0.1, -0.05) is 0 Å². The molecule has 0 spiro atoms. The van der Waals surface area contributed by atoms with Crippen molar-refractivity contribution >= 4 is 5.91 Å². The number of hydrogen-bond donors (Lipinski definition) is 2. The van der Waals surface area contributed by atoms with Crippen LogP contribution in [0.5, 0.6) is 0 Å². The number of hydrogen-bond acceptors (Lipinski definition) is 3. The first kappa shape index (κ1) is 13.4. The van der Waals surface area contributed by atoms with Gasteiger partial charge < -0.3 is 10.6 Å². The summed E-state index contributed by atoms with van der Waals surface area (Å²) in [6.45, 7) is 2.39. The summed E-state index contributed by atoms with van der Waals surface area (Å²) >= 11 is 0. The van der Waals surface area contributed by atoms with Gasteiger partial charge in [-0.3, -0.25) is 9.69 Å². The van der Waals surface area contributed by atoms with E-state index in [1.807, 2.05) is 0 Å². The number of carbonyl (C=O) groups excluding carboxylic acids is 1. The second-order valence-electron chi connectivity index (χ2n) is 6.55. The Morgan fingerprint density at radius 2 is 1.95 bits per heavy atom. The average molecular weight is 265 g/mol. The smallest absolute Gasteiger partial charge is 0.220 e. The van der Waals surface area contributed by atoms with Crippen LogP contribution in [0.4, 0.5) is 0 Å². The molecule has 2 unspecified atom stereocenters. The Morgan fingerprint density at radius 1 is 1.16 bits per heavy atom. The maximum absolute atomic E-state index is 11.4. The molecule has 0 aromatic heterocycles.